The molecule has 0 spiro atoms. The lowest BCUT2D eigenvalue weighted by atomic mass is 10.2. The number of anilines is 1. The van der Waals surface area contributed by atoms with Gasteiger partial charge in [-0.3, -0.25) is 4.79 Å². The van der Waals surface area contributed by atoms with Crippen molar-refractivity contribution < 1.29 is 4.79 Å². The fraction of sp³-hybridized carbons (Fsp3) is 0.176. The molecule has 0 unspecified atom stereocenters. The summed E-state index contributed by atoms with van der Waals surface area (Å²) in [5.74, 6) is -0.0226. The summed E-state index contributed by atoms with van der Waals surface area (Å²) in [4.78, 5) is 17.9. The fourth-order valence-electron chi connectivity index (χ4n) is 2.10. The summed E-state index contributed by atoms with van der Waals surface area (Å²) < 4.78 is 1.10. The van der Waals surface area contributed by atoms with Gasteiger partial charge < -0.3 is 5.32 Å². The van der Waals surface area contributed by atoms with Crippen LogP contribution in [-0.4, -0.2) is 16.1 Å². The second-order valence-corrected chi connectivity index (χ2v) is 7.45. The minimum atomic E-state index is -0.171. The zero-order valence-electron chi connectivity index (χ0n) is 12.4. The number of fused-ring (bicyclic) bond motifs is 1. The van der Waals surface area contributed by atoms with Crippen LogP contribution in [0.3, 0.4) is 0 Å². The number of rotatable bonds is 4. The molecular weight excluding hydrogens is 312 g/mol. The molecule has 0 aliphatic carbocycles. The van der Waals surface area contributed by atoms with Gasteiger partial charge in [0.05, 0.1) is 15.5 Å². The average molecular weight is 328 g/mol. The summed E-state index contributed by atoms with van der Waals surface area (Å²) in [6, 6.07) is 16.0. The Balaban J connectivity index is 1.71. The summed E-state index contributed by atoms with van der Waals surface area (Å²) in [6.07, 6.45) is 0. The zero-order chi connectivity index (χ0) is 15.5. The topological polar surface area (TPSA) is 42.0 Å². The Labute approximate surface area is 137 Å². The molecular formula is C17H16N2OS2. The molecule has 112 valence electrons. The van der Waals surface area contributed by atoms with Crippen molar-refractivity contribution >= 4 is 44.4 Å². The van der Waals surface area contributed by atoms with E-state index in [2.05, 4.69) is 10.3 Å². The Morgan fingerprint density at radius 1 is 1.18 bits per heavy atom. The summed E-state index contributed by atoms with van der Waals surface area (Å²) >= 11 is 3.06. The molecule has 22 heavy (non-hydrogen) atoms. The van der Waals surface area contributed by atoms with Gasteiger partial charge in [-0.05, 0) is 37.6 Å². The van der Waals surface area contributed by atoms with E-state index in [1.807, 2.05) is 62.4 Å². The molecule has 3 nitrogen and oxygen atoms in total. The van der Waals surface area contributed by atoms with Crippen molar-refractivity contribution in [3.8, 4) is 0 Å². The minimum Gasteiger partial charge on any atom is -0.301 e. The highest BCUT2D eigenvalue weighted by Gasteiger charge is 2.16. The van der Waals surface area contributed by atoms with Gasteiger partial charge >= 0.3 is 0 Å². The van der Waals surface area contributed by atoms with Crippen LogP contribution in [0.1, 0.15) is 12.5 Å². The van der Waals surface area contributed by atoms with Gasteiger partial charge in [0.25, 0.3) is 0 Å². The molecule has 0 aliphatic heterocycles. The first-order valence-corrected chi connectivity index (χ1v) is 8.72. The summed E-state index contributed by atoms with van der Waals surface area (Å²) in [6.45, 7) is 3.94. The molecule has 0 aliphatic rings. The number of amides is 1. The van der Waals surface area contributed by atoms with Crippen molar-refractivity contribution in [1.82, 2.24) is 4.98 Å². The number of aryl methyl sites for hydroxylation is 1. The Kier molecular flexibility index (Phi) is 4.45. The zero-order valence-corrected chi connectivity index (χ0v) is 14.0. The number of hydrogen-bond donors (Lipinski definition) is 1. The van der Waals surface area contributed by atoms with E-state index in [0.29, 0.717) is 5.13 Å². The van der Waals surface area contributed by atoms with Crippen LogP contribution in [0.5, 0.6) is 0 Å². The maximum atomic E-state index is 12.3. The number of thioether (sulfide) groups is 1. The predicted molar refractivity (Wildman–Crippen MR) is 94.7 cm³/mol. The molecule has 2 aromatic carbocycles. The lowest BCUT2D eigenvalue weighted by molar-refractivity contribution is -0.115. The van der Waals surface area contributed by atoms with E-state index in [4.69, 9.17) is 0 Å². The number of aromatic nitrogens is 1. The number of thiazole rings is 1. The van der Waals surface area contributed by atoms with Gasteiger partial charge in [-0.2, -0.15) is 0 Å². The van der Waals surface area contributed by atoms with Crippen LogP contribution in [-0.2, 0) is 4.79 Å². The maximum absolute atomic E-state index is 12.3. The third kappa shape index (κ3) is 3.31. The van der Waals surface area contributed by atoms with Crippen molar-refractivity contribution in [1.29, 1.82) is 0 Å². The summed E-state index contributed by atoms with van der Waals surface area (Å²) in [5, 5.41) is 3.42. The van der Waals surface area contributed by atoms with Crippen molar-refractivity contribution in [3.63, 3.8) is 0 Å². The number of para-hydroxylation sites is 1. The molecule has 1 amide bonds. The standard InChI is InChI=1S/C17H16N2OS2/c1-11-7-6-10-14-15(11)18-17(22-14)19-16(20)12(2)21-13-8-4-3-5-9-13/h3-10,12H,1-2H3,(H,18,19,20)/t12-/m1/s1. The molecule has 3 rings (SSSR count). The highest BCUT2D eigenvalue weighted by atomic mass is 32.2. The first-order valence-electron chi connectivity index (χ1n) is 7.02. The van der Waals surface area contributed by atoms with Gasteiger partial charge in [-0.25, -0.2) is 4.98 Å². The highest BCUT2D eigenvalue weighted by molar-refractivity contribution is 8.00. The summed E-state index contributed by atoms with van der Waals surface area (Å²) in [7, 11) is 0. The Morgan fingerprint density at radius 3 is 2.68 bits per heavy atom. The number of carbonyl (C=O) groups excluding carboxylic acids is 1. The molecule has 0 radical (unpaired) electrons. The first kappa shape index (κ1) is 15.1. The van der Waals surface area contributed by atoms with E-state index in [-0.39, 0.29) is 11.2 Å². The van der Waals surface area contributed by atoms with E-state index in [9.17, 15) is 4.79 Å². The number of nitrogens with one attached hydrogen (secondary N) is 1. The second kappa shape index (κ2) is 6.50. The van der Waals surface area contributed by atoms with Crippen LogP contribution in [0.2, 0.25) is 0 Å². The molecule has 0 fully saturated rings. The summed E-state index contributed by atoms with van der Waals surface area (Å²) in [5.41, 5.74) is 2.09. The van der Waals surface area contributed by atoms with Gasteiger partial charge in [0.1, 0.15) is 0 Å². The number of hydrogen-bond acceptors (Lipinski definition) is 4. The van der Waals surface area contributed by atoms with Crippen LogP contribution in [0, 0.1) is 6.92 Å². The maximum Gasteiger partial charge on any atom is 0.239 e. The van der Waals surface area contributed by atoms with Crippen LogP contribution < -0.4 is 5.32 Å². The van der Waals surface area contributed by atoms with E-state index in [1.54, 1.807) is 11.8 Å². The predicted octanol–water partition coefficient (Wildman–Crippen LogP) is 4.72. The van der Waals surface area contributed by atoms with Gasteiger partial charge in [0.2, 0.25) is 5.91 Å². The van der Waals surface area contributed by atoms with E-state index in [1.165, 1.54) is 11.3 Å². The van der Waals surface area contributed by atoms with Crippen molar-refractivity contribution in [2.45, 2.75) is 24.0 Å². The largest absolute Gasteiger partial charge is 0.301 e. The van der Waals surface area contributed by atoms with Crippen molar-refractivity contribution in [2.24, 2.45) is 0 Å². The molecule has 1 aromatic heterocycles. The quantitative estimate of drug-likeness (QED) is 0.704. The molecule has 1 atom stereocenters. The normalized spacial score (nSPS) is 12.3. The lowest BCUT2D eigenvalue weighted by Crippen LogP contribution is -2.22. The number of carbonyl (C=O) groups is 1. The SMILES string of the molecule is Cc1cccc2sc(NC(=O)[C@@H](C)Sc3ccccc3)nc12. The molecule has 3 aromatic rings. The smallest absolute Gasteiger partial charge is 0.239 e. The van der Waals surface area contributed by atoms with Crippen molar-refractivity contribution in [3.05, 3.63) is 54.1 Å². The molecule has 0 saturated heterocycles. The van der Waals surface area contributed by atoms with Crippen LogP contribution >= 0.6 is 23.1 Å². The average Bonchev–Trinajstić information content (AvgIpc) is 2.92. The molecule has 5 heteroatoms. The van der Waals surface area contributed by atoms with E-state index in [0.717, 1.165) is 20.7 Å². The van der Waals surface area contributed by atoms with E-state index >= 15 is 0 Å². The van der Waals surface area contributed by atoms with Crippen molar-refractivity contribution in [2.75, 3.05) is 5.32 Å². The van der Waals surface area contributed by atoms with Gasteiger partial charge in [0, 0.05) is 4.90 Å². The Morgan fingerprint density at radius 2 is 1.95 bits per heavy atom. The lowest BCUT2D eigenvalue weighted by Gasteiger charge is -2.10. The fourth-order valence-corrected chi connectivity index (χ4v) is 3.94. The highest BCUT2D eigenvalue weighted by Crippen LogP contribution is 2.29. The number of nitrogens with zero attached hydrogens (tertiary/aromatic N) is 1. The monoisotopic (exact) mass is 328 g/mol. The van der Waals surface area contributed by atoms with Gasteiger partial charge in [0.15, 0.2) is 5.13 Å². The molecule has 1 N–H and O–H groups in total. The van der Waals surface area contributed by atoms with E-state index < -0.39 is 0 Å². The minimum absolute atomic E-state index is 0.0226. The Hall–Kier alpha value is -1.85. The molecule has 0 saturated carbocycles. The van der Waals surface area contributed by atoms with Crippen LogP contribution in [0.4, 0.5) is 5.13 Å². The van der Waals surface area contributed by atoms with Gasteiger partial charge in [-0.1, -0.05) is 41.7 Å². The molecule has 0 bridgehead atoms. The van der Waals surface area contributed by atoms with Crippen LogP contribution in [0.15, 0.2) is 53.4 Å². The van der Waals surface area contributed by atoms with Gasteiger partial charge in [-0.15, -0.1) is 11.8 Å². The Bertz CT molecular complexity index is 799. The second-order valence-electron chi connectivity index (χ2n) is 5.00. The number of benzene rings is 2. The molecule has 1 heterocycles. The first-order chi connectivity index (χ1) is 10.6. The third-order valence-corrected chi connectivity index (χ3v) is 5.32. The third-order valence-electron chi connectivity index (χ3n) is 3.28. The van der Waals surface area contributed by atoms with Crippen LogP contribution in [0.25, 0.3) is 10.2 Å².